The van der Waals surface area contributed by atoms with Gasteiger partial charge in [0.15, 0.2) is 11.4 Å². The Hall–Kier alpha value is -0.0200. The number of hydrogen-bond acceptors (Lipinski definition) is 7. The van der Waals surface area contributed by atoms with Crippen LogP contribution in [0.2, 0.25) is 0 Å². The fraction of sp³-hybridized carbons (Fsp3) is 0.800. The summed E-state index contributed by atoms with van der Waals surface area (Å²) in [5.74, 6) is 0. The van der Waals surface area contributed by atoms with Gasteiger partial charge in [-0.1, -0.05) is 0 Å². The van der Waals surface area contributed by atoms with Crippen molar-refractivity contribution < 1.29 is 9.47 Å². The van der Waals surface area contributed by atoms with Gasteiger partial charge in [-0.25, -0.2) is 0 Å². The molecule has 1 rings (SSSR count). The maximum atomic E-state index is 5.41. The molecule has 0 saturated carbocycles. The molecule has 1 heterocycles. The highest BCUT2D eigenvalue weighted by Gasteiger charge is 2.06. The van der Waals surface area contributed by atoms with Crippen LogP contribution in [-0.4, -0.2) is 45.1 Å². The van der Waals surface area contributed by atoms with Crippen molar-refractivity contribution in [2.75, 3.05) is 38.8 Å². The smallest absolute Gasteiger partial charge is 0.217 e. The quantitative estimate of drug-likeness (QED) is 0.554. The minimum atomic E-state index is -0.262. The third kappa shape index (κ3) is 6.24. The summed E-state index contributed by atoms with van der Waals surface area (Å²) in [4.78, 5) is 11.5. The van der Waals surface area contributed by atoms with Gasteiger partial charge >= 0.3 is 0 Å². The molecule has 18 heavy (non-hydrogen) atoms. The molecule has 106 valence electrons. The van der Waals surface area contributed by atoms with Gasteiger partial charge < -0.3 is 14.4 Å². The molecule has 0 radical (unpaired) electrons. The lowest BCUT2D eigenvalue weighted by Crippen LogP contribution is -2.22. The molecular formula is C10H20BrN3O2S2. The Morgan fingerprint density at radius 2 is 1.83 bits per heavy atom. The SMILES string of the molecule is Br.CCOC(CN=c1nc(N(C)C)ss1)OCC. The van der Waals surface area contributed by atoms with Gasteiger partial charge in [0.25, 0.3) is 0 Å². The summed E-state index contributed by atoms with van der Waals surface area (Å²) in [6, 6.07) is 0. The first-order chi connectivity index (χ1) is 8.17. The highest BCUT2D eigenvalue weighted by molar-refractivity contribution is 8.93. The van der Waals surface area contributed by atoms with E-state index in [1.807, 2.05) is 32.8 Å². The second kappa shape index (κ2) is 9.85. The summed E-state index contributed by atoms with van der Waals surface area (Å²) in [5.41, 5.74) is 0. The number of anilines is 1. The molecule has 0 N–H and O–H groups in total. The number of nitrogens with zero attached hydrogens (tertiary/aromatic N) is 3. The van der Waals surface area contributed by atoms with Crippen molar-refractivity contribution in [3.63, 3.8) is 0 Å². The predicted octanol–water partition coefficient (Wildman–Crippen LogP) is 2.15. The summed E-state index contributed by atoms with van der Waals surface area (Å²) >= 11 is 0. The van der Waals surface area contributed by atoms with Crippen LogP contribution in [0.5, 0.6) is 0 Å². The summed E-state index contributed by atoms with van der Waals surface area (Å²) in [5, 5.41) is 0.970. The predicted molar refractivity (Wildman–Crippen MR) is 82.1 cm³/mol. The van der Waals surface area contributed by atoms with Crippen LogP contribution in [0, 0.1) is 0 Å². The molecule has 0 aliphatic carbocycles. The monoisotopic (exact) mass is 357 g/mol. The number of hydrogen-bond donors (Lipinski definition) is 0. The molecule has 0 atom stereocenters. The Morgan fingerprint density at radius 1 is 1.22 bits per heavy atom. The molecule has 0 aromatic carbocycles. The normalized spacial score (nSPS) is 11.7. The van der Waals surface area contributed by atoms with Gasteiger partial charge in [-0.2, -0.15) is 4.98 Å². The van der Waals surface area contributed by atoms with Crippen LogP contribution in [-0.2, 0) is 9.47 Å². The standard InChI is InChI=1S/C10H19N3O2S2.BrH/c1-5-14-8(15-6-2)7-11-9-12-10(13(3)4)17-16-9;/h8H,5-7H2,1-4H3;1H. The van der Waals surface area contributed by atoms with Crippen molar-refractivity contribution in [2.45, 2.75) is 20.1 Å². The lowest BCUT2D eigenvalue weighted by atomic mass is 10.6. The average Bonchev–Trinajstić information content (AvgIpc) is 2.75. The topological polar surface area (TPSA) is 47.0 Å². The van der Waals surface area contributed by atoms with Gasteiger partial charge in [0.2, 0.25) is 4.80 Å². The Labute approximate surface area is 126 Å². The fourth-order valence-corrected chi connectivity index (χ4v) is 3.11. The van der Waals surface area contributed by atoms with E-state index in [0.717, 1.165) is 9.93 Å². The molecule has 0 bridgehead atoms. The fourth-order valence-electron chi connectivity index (χ4n) is 1.11. The van der Waals surface area contributed by atoms with E-state index in [4.69, 9.17) is 9.47 Å². The lowest BCUT2D eigenvalue weighted by molar-refractivity contribution is -0.128. The third-order valence-corrected chi connectivity index (χ3v) is 4.05. The summed E-state index contributed by atoms with van der Waals surface area (Å²) < 4.78 is 10.8. The van der Waals surface area contributed by atoms with Crippen molar-refractivity contribution in [2.24, 2.45) is 4.99 Å². The van der Waals surface area contributed by atoms with E-state index in [9.17, 15) is 0 Å². The van der Waals surface area contributed by atoms with Gasteiger partial charge in [-0.05, 0) is 34.5 Å². The molecule has 0 saturated heterocycles. The highest BCUT2D eigenvalue weighted by Crippen LogP contribution is 2.15. The molecule has 0 aliphatic rings. The van der Waals surface area contributed by atoms with Crippen molar-refractivity contribution >= 4 is 42.8 Å². The molecular weight excluding hydrogens is 338 g/mol. The Kier molecular flexibility index (Phi) is 9.84. The van der Waals surface area contributed by atoms with Crippen LogP contribution < -0.4 is 9.70 Å². The molecule has 1 aromatic rings. The largest absolute Gasteiger partial charge is 0.353 e. The third-order valence-electron chi connectivity index (χ3n) is 1.85. The zero-order valence-corrected chi connectivity index (χ0v) is 14.4. The maximum Gasteiger partial charge on any atom is 0.217 e. The van der Waals surface area contributed by atoms with Gasteiger partial charge in [-0.15, -0.1) is 17.0 Å². The van der Waals surface area contributed by atoms with E-state index >= 15 is 0 Å². The molecule has 0 amide bonds. The zero-order chi connectivity index (χ0) is 12.7. The van der Waals surface area contributed by atoms with Gasteiger partial charge in [-0.3, -0.25) is 4.99 Å². The first-order valence-electron chi connectivity index (χ1n) is 5.55. The Balaban J connectivity index is 0.00000289. The number of ether oxygens (including phenoxy) is 2. The highest BCUT2D eigenvalue weighted by atomic mass is 79.9. The van der Waals surface area contributed by atoms with E-state index in [1.54, 1.807) is 20.7 Å². The maximum absolute atomic E-state index is 5.41. The molecule has 0 spiro atoms. The molecule has 0 unspecified atom stereocenters. The number of rotatable bonds is 7. The number of halogens is 1. The van der Waals surface area contributed by atoms with Gasteiger partial charge in [0, 0.05) is 27.3 Å². The minimum absolute atomic E-state index is 0. The van der Waals surface area contributed by atoms with Crippen LogP contribution >= 0.6 is 37.7 Å². The van der Waals surface area contributed by atoms with Crippen molar-refractivity contribution in [3.8, 4) is 0 Å². The van der Waals surface area contributed by atoms with E-state index in [0.29, 0.717) is 19.8 Å². The summed E-state index contributed by atoms with van der Waals surface area (Å²) in [7, 11) is 7.13. The lowest BCUT2D eigenvalue weighted by Gasteiger charge is -2.13. The van der Waals surface area contributed by atoms with Crippen molar-refractivity contribution in [1.29, 1.82) is 0 Å². The van der Waals surface area contributed by atoms with Crippen molar-refractivity contribution in [3.05, 3.63) is 4.80 Å². The first kappa shape index (κ1) is 18.0. The van der Waals surface area contributed by atoms with E-state index in [-0.39, 0.29) is 23.3 Å². The van der Waals surface area contributed by atoms with Gasteiger partial charge in [0.1, 0.15) is 0 Å². The van der Waals surface area contributed by atoms with Crippen LogP contribution in [0.15, 0.2) is 4.99 Å². The van der Waals surface area contributed by atoms with E-state index in [2.05, 4.69) is 9.98 Å². The molecule has 8 heteroatoms. The second-order valence-electron chi connectivity index (χ2n) is 3.42. The van der Waals surface area contributed by atoms with Crippen LogP contribution in [0.3, 0.4) is 0 Å². The summed E-state index contributed by atoms with van der Waals surface area (Å²) in [6.45, 7) is 5.64. The summed E-state index contributed by atoms with van der Waals surface area (Å²) in [6.07, 6.45) is -0.262. The zero-order valence-electron chi connectivity index (χ0n) is 11.1. The van der Waals surface area contributed by atoms with E-state index in [1.165, 1.54) is 0 Å². The molecule has 5 nitrogen and oxygen atoms in total. The average molecular weight is 358 g/mol. The van der Waals surface area contributed by atoms with Crippen LogP contribution in [0.1, 0.15) is 13.8 Å². The number of aromatic nitrogens is 1. The first-order valence-corrected chi connectivity index (χ1v) is 7.70. The molecule has 0 aliphatic heterocycles. The molecule has 0 fully saturated rings. The molecule has 1 aromatic heterocycles. The van der Waals surface area contributed by atoms with E-state index < -0.39 is 0 Å². The Bertz CT molecular complexity index is 375. The van der Waals surface area contributed by atoms with Gasteiger partial charge in [0.05, 0.1) is 6.54 Å². The second-order valence-corrected chi connectivity index (χ2v) is 5.48. The van der Waals surface area contributed by atoms with Crippen LogP contribution in [0.25, 0.3) is 0 Å². The Morgan fingerprint density at radius 3 is 2.28 bits per heavy atom. The minimum Gasteiger partial charge on any atom is -0.353 e. The van der Waals surface area contributed by atoms with Crippen LogP contribution in [0.4, 0.5) is 5.13 Å². The van der Waals surface area contributed by atoms with Crippen molar-refractivity contribution in [1.82, 2.24) is 4.98 Å².